The minimum atomic E-state index is -3.60. The molecule has 0 aliphatic heterocycles. The Kier molecular flexibility index (Phi) is 20.2. The summed E-state index contributed by atoms with van der Waals surface area (Å²) in [5, 5.41) is 4.40. The van der Waals surface area contributed by atoms with Gasteiger partial charge in [0.25, 0.3) is 5.91 Å². The molecule has 298 valence electrons. The molecule has 0 radical (unpaired) electrons. The highest BCUT2D eigenvalue weighted by Gasteiger charge is 2.29. The van der Waals surface area contributed by atoms with Gasteiger partial charge in [0.1, 0.15) is 13.0 Å². The van der Waals surface area contributed by atoms with Crippen LogP contribution in [0.3, 0.4) is 0 Å². The average Bonchev–Trinajstić information content (AvgIpc) is 3.14. The van der Waals surface area contributed by atoms with E-state index in [1.807, 2.05) is 42.2 Å². The maximum atomic E-state index is 13.6. The van der Waals surface area contributed by atoms with Gasteiger partial charge in [0.05, 0.1) is 44.4 Å². The van der Waals surface area contributed by atoms with Crippen molar-refractivity contribution in [3.8, 4) is 11.8 Å². The summed E-state index contributed by atoms with van der Waals surface area (Å²) in [6, 6.07) is 14.7. The molecule has 1 heterocycles. The Morgan fingerprint density at radius 2 is 1.49 bits per heavy atom. The number of fused-ring (bicyclic) bond motifs is 1. The Bertz CT molecular complexity index is 1840. The fourth-order valence-electron chi connectivity index (χ4n) is 5.76. The SMILES string of the molecule is CCCN(COP=O)Cc1cc(C#Cc2ccc(C(=O)NCCCC(=O)OCC)c3ccccc23)cc(CN(CC(=O)OCC)CP(=O)(OCC)OCC)n1. The second-order valence-corrected chi connectivity index (χ2v) is 14.7. The second-order valence-electron chi connectivity index (χ2n) is 12.2. The lowest BCUT2D eigenvalue weighted by Crippen LogP contribution is -2.33. The van der Waals surface area contributed by atoms with E-state index in [4.69, 9.17) is 28.0 Å². The summed E-state index contributed by atoms with van der Waals surface area (Å²) in [5.74, 6) is 5.49. The highest BCUT2D eigenvalue weighted by atomic mass is 31.2. The van der Waals surface area contributed by atoms with Gasteiger partial charge in [0.15, 0.2) is 0 Å². The molecule has 0 fully saturated rings. The third-order valence-corrected chi connectivity index (χ3v) is 10.1. The third-order valence-electron chi connectivity index (χ3n) is 7.88. The van der Waals surface area contributed by atoms with Crippen molar-refractivity contribution in [1.29, 1.82) is 0 Å². The van der Waals surface area contributed by atoms with Crippen molar-refractivity contribution >= 4 is 44.9 Å². The molecule has 0 unspecified atom stereocenters. The number of carbonyl (C=O) groups is 3. The molecular formula is C39H52N4O10P2. The fraction of sp³-hybridized carbons (Fsp3) is 0.487. The lowest BCUT2D eigenvalue weighted by atomic mass is 9.99. The van der Waals surface area contributed by atoms with E-state index in [0.717, 1.165) is 17.2 Å². The highest BCUT2D eigenvalue weighted by molar-refractivity contribution is 7.53. The largest absolute Gasteiger partial charge is 0.466 e. The number of nitrogens with zero attached hydrogens (tertiary/aromatic N) is 3. The average molecular weight is 799 g/mol. The van der Waals surface area contributed by atoms with Gasteiger partial charge >= 0.3 is 28.2 Å². The van der Waals surface area contributed by atoms with E-state index in [9.17, 15) is 23.5 Å². The first-order valence-electron chi connectivity index (χ1n) is 18.5. The molecule has 3 aromatic rings. The van der Waals surface area contributed by atoms with Crippen molar-refractivity contribution in [1.82, 2.24) is 20.1 Å². The molecule has 0 saturated heterocycles. The van der Waals surface area contributed by atoms with Gasteiger partial charge in [0.2, 0.25) is 0 Å². The molecule has 16 heteroatoms. The molecule has 0 atom stereocenters. The number of ether oxygens (including phenoxy) is 2. The second kappa shape index (κ2) is 24.5. The molecule has 3 rings (SSSR count). The van der Waals surface area contributed by atoms with E-state index < -0.39 is 22.3 Å². The summed E-state index contributed by atoms with van der Waals surface area (Å²) in [7, 11) is -4.03. The summed E-state index contributed by atoms with van der Waals surface area (Å²) >= 11 is 0. The first kappa shape index (κ1) is 45.3. The van der Waals surface area contributed by atoms with Gasteiger partial charge in [-0.25, -0.2) is 4.57 Å². The van der Waals surface area contributed by atoms with E-state index in [0.29, 0.717) is 60.7 Å². The molecule has 0 saturated carbocycles. The Hall–Kier alpha value is -4.05. The zero-order valence-electron chi connectivity index (χ0n) is 32.3. The van der Waals surface area contributed by atoms with E-state index >= 15 is 0 Å². The summed E-state index contributed by atoms with van der Waals surface area (Å²) in [5.41, 5.74) is 3.00. The van der Waals surface area contributed by atoms with Crippen LogP contribution in [0.1, 0.15) is 86.8 Å². The lowest BCUT2D eigenvalue weighted by molar-refractivity contribution is -0.144. The smallest absolute Gasteiger partial charge is 0.344 e. The quantitative estimate of drug-likeness (QED) is 0.0336. The van der Waals surface area contributed by atoms with Gasteiger partial charge < -0.3 is 23.8 Å². The predicted molar refractivity (Wildman–Crippen MR) is 209 cm³/mol. The minimum absolute atomic E-state index is 0.0987. The number of nitrogens with one attached hydrogen (secondary N) is 1. The molecule has 0 bridgehead atoms. The number of hydrogen-bond donors (Lipinski definition) is 1. The topological polar surface area (TPSA) is 163 Å². The maximum Gasteiger partial charge on any atom is 0.344 e. The molecule has 1 aromatic heterocycles. The molecule has 2 aromatic carbocycles. The van der Waals surface area contributed by atoms with Crippen molar-refractivity contribution < 1.29 is 46.6 Å². The number of benzene rings is 2. The molecule has 55 heavy (non-hydrogen) atoms. The van der Waals surface area contributed by atoms with Crippen LogP contribution in [0.4, 0.5) is 0 Å². The summed E-state index contributed by atoms with van der Waals surface area (Å²) < 4.78 is 51.1. The van der Waals surface area contributed by atoms with Crippen LogP contribution >= 0.6 is 16.3 Å². The van der Waals surface area contributed by atoms with Crippen molar-refractivity contribution in [3.63, 3.8) is 0 Å². The molecule has 0 spiro atoms. The van der Waals surface area contributed by atoms with Crippen molar-refractivity contribution in [2.24, 2.45) is 0 Å². The molecule has 14 nitrogen and oxygen atoms in total. The predicted octanol–water partition coefficient (Wildman–Crippen LogP) is 6.69. The number of hydrogen-bond acceptors (Lipinski definition) is 13. The molecular weight excluding hydrogens is 746 g/mol. The summed E-state index contributed by atoms with van der Waals surface area (Å²) in [4.78, 5) is 46.0. The van der Waals surface area contributed by atoms with E-state index in [1.165, 1.54) is 0 Å². The van der Waals surface area contributed by atoms with E-state index in [2.05, 4.69) is 17.2 Å². The first-order valence-corrected chi connectivity index (χ1v) is 20.9. The Balaban J connectivity index is 2.02. The standard InChI is InChI=1S/C39H52N4O10P2/c1-6-22-42(28-51-54-47)25-32-23-30(24-33(41-32)26-43(27-38(45)50-8-3)29-55(48,52-9-4)53-10-5)17-18-31-19-20-36(35-15-12-11-14-34(31)35)39(46)40-21-13-16-37(44)49-7-2/h11-12,14-15,19-20,23-24H,6-10,13,16,21-22,25-29H2,1-5H3,(H,40,46). The van der Waals surface area contributed by atoms with Crippen molar-refractivity contribution in [2.45, 2.75) is 67.0 Å². The molecule has 0 aliphatic rings. The normalized spacial score (nSPS) is 11.5. The van der Waals surface area contributed by atoms with Gasteiger partial charge in [-0.1, -0.05) is 43.0 Å². The summed E-state index contributed by atoms with van der Waals surface area (Å²) in [6.45, 7) is 11.1. The van der Waals surface area contributed by atoms with Crippen LogP contribution in [-0.2, 0) is 54.9 Å². The van der Waals surface area contributed by atoms with Crippen LogP contribution in [0.15, 0.2) is 48.5 Å². The zero-order chi connectivity index (χ0) is 40.1. The van der Waals surface area contributed by atoms with Gasteiger partial charge in [-0.2, -0.15) is 0 Å². The van der Waals surface area contributed by atoms with E-state index in [1.54, 1.807) is 50.8 Å². The van der Waals surface area contributed by atoms with Crippen molar-refractivity contribution in [2.75, 3.05) is 59.1 Å². The fourth-order valence-corrected chi connectivity index (χ4v) is 7.69. The van der Waals surface area contributed by atoms with Crippen LogP contribution < -0.4 is 5.32 Å². The highest BCUT2D eigenvalue weighted by Crippen LogP contribution is 2.48. The van der Waals surface area contributed by atoms with Gasteiger partial charge in [0, 0.05) is 49.3 Å². The molecule has 1 amide bonds. The first-order chi connectivity index (χ1) is 26.6. The van der Waals surface area contributed by atoms with Gasteiger partial charge in [-0.05, 0) is 75.6 Å². The summed E-state index contributed by atoms with van der Waals surface area (Å²) in [6.07, 6.45) is 1.33. The molecule has 1 N–H and O–H groups in total. The zero-order valence-corrected chi connectivity index (χ0v) is 34.1. The number of aromatic nitrogens is 1. The monoisotopic (exact) mass is 798 g/mol. The van der Waals surface area contributed by atoms with Crippen LogP contribution in [-0.4, -0.2) is 91.7 Å². The Labute approximate surface area is 325 Å². The van der Waals surface area contributed by atoms with Crippen LogP contribution in [0.5, 0.6) is 0 Å². The van der Waals surface area contributed by atoms with Crippen molar-refractivity contribution in [3.05, 3.63) is 76.6 Å². The number of esters is 2. The number of rotatable bonds is 24. The number of carbonyl (C=O) groups excluding carboxylic acids is 3. The Morgan fingerprint density at radius 3 is 2.13 bits per heavy atom. The van der Waals surface area contributed by atoms with E-state index in [-0.39, 0.29) is 64.2 Å². The maximum absolute atomic E-state index is 13.6. The van der Waals surface area contributed by atoms with Gasteiger partial charge in [-0.15, -0.1) is 0 Å². The Morgan fingerprint density at radius 1 is 0.836 bits per heavy atom. The van der Waals surface area contributed by atoms with Crippen LogP contribution in [0.25, 0.3) is 10.8 Å². The van der Waals surface area contributed by atoms with Crippen LogP contribution in [0.2, 0.25) is 0 Å². The molecule has 0 aliphatic carbocycles. The number of amides is 1. The lowest BCUT2D eigenvalue weighted by Gasteiger charge is -2.26. The number of pyridine rings is 1. The third kappa shape index (κ3) is 15.5. The minimum Gasteiger partial charge on any atom is -0.466 e. The van der Waals surface area contributed by atoms with Crippen LogP contribution in [0, 0.1) is 11.8 Å². The van der Waals surface area contributed by atoms with Gasteiger partial charge in [-0.3, -0.25) is 38.3 Å².